The van der Waals surface area contributed by atoms with E-state index >= 15 is 0 Å². The number of aromatic carboxylic acids is 1. The Hall–Kier alpha value is -5.36. The lowest BCUT2D eigenvalue weighted by Gasteiger charge is -2.25. The third-order valence-electron chi connectivity index (χ3n) is 7.29. The Morgan fingerprint density at radius 3 is 2.37 bits per heavy atom. The van der Waals surface area contributed by atoms with Gasteiger partial charge in [0.2, 0.25) is 0 Å². The molecule has 46 heavy (non-hydrogen) atoms. The summed E-state index contributed by atoms with van der Waals surface area (Å²) in [6, 6.07) is 16.2. The highest BCUT2D eigenvalue weighted by molar-refractivity contribution is 7.07. The molecule has 0 spiro atoms. The molecule has 0 saturated heterocycles. The molecule has 1 atom stereocenters. The first-order valence-electron chi connectivity index (χ1n) is 14.2. The van der Waals surface area contributed by atoms with Crippen molar-refractivity contribution in [3.05, 3.63) is 114 Å². The maximum atomic E-state index is 14.0. The number of aromatic nitrogens is 1. The quantitative estimate of drug-likeness (QED) is 0.240. The summed E-state index contributed by atoms with van der Waals surface area (Å²) in [4.78, 5) is 43.6. The molecule has 0 aliphatic carbocycles. The molecule has 0 amide bonds. The molecule has 3 aromatic carbocycles. The number of carbonyl (C=O) groups is 2. The molecule has 11 nitrogen and oxygen atoms in total. The van der Waals surface area contributed by atoms with Gasteiger partial charge in [0.15, 0.2) is 27.8 Å². The molecule has 0 unspecified atom stereocenters. The van der Waals surface area contributed by atoms with Crippen molar-refractivity contribution in [1.29, 1.82) is 0 Å². The molecule has 1 aromatic heterocycles. The van der Waals surface area contributed by atoms with Crippen LogP contribution >= 0.6 is 11.3 Å². The lowest BCUT2D eigenvalue weighted by atomic mass is 9.95. The number of carboxylic acids is 1. The minimum Gasteiger partial charge on any atom is -0.493 e. The van der Waals surface area contributed by atoms with E-state index in [-0.39, 0.29) is 29.9 Å². The van der Waals surface area contributed by atoms with Crippen LogP contribution in [-0.2, 0) is 16.1 Å². The molecule has 238 valence electrons. The summed E-state index contributed by atoms with van der Waals surface area (Å²) in [6.07, 6.45) is 1.72. The van der Waals surface area contributed by atoms with Crippen LogP contribution in [0.25, 0.3) is 6.08 Å². The molecular weight excluding hydrogens is 612 g/mol. The van der Waals surface area contributed by atoms with Crippen molar-refractivity contribution in [3.8, 4) is 23.0 Å². The topological polar surface area (TPSA) is 135 Å². The van der Waals surface area contributed by atoms with Crippen molar-refractivity contribution < 1.29 is 38.4 Å². The van der Waals surface area contributed by atoms with Gasteiger partial charge in [0.25, 0.3) is 5.56 Å². The van der Waals surface area contributed by atoms with Gasteiger partial charge in [-0.1, -0.05) is 35.6 Å². The summed E-state index contributed by atoms with van der Waals surface area (Å²) in [6.45, 7) is 3.73. The highest BCUT2D eigenvalue weighted by Gasteiger charge is 2.34. The number of fused-ring (bicyclic) bond motifs is 1. The molecule has 4 aromatic rings. The summed E-state index contributed by atoms with van der Waals surface area (Å²) in [5.74, 6) is 0.255. The maximum absolute atomic E-state index is 14.0. The molecule has 0 bridgehead atoms. The largest absolute Gasteiger partial charge is 0.493 e. The van der Waals surface area contributed by atoms with Crippen molar-refractivity contribution in [2.75, 3.05) is 27.9 Å². The Labute approximate surface area is 268 Å². The average molecular weight is 645 g/mol. The monoisotopic (exact) mass is 644 g/mol. The lowest BCUT2D eigenvalue weighted by Crippen LogP contribution is -2.39. The smallest absolute Gasteiger partial charge is 0.338 e. The van der Waals surface area contributed by atoms with Gasteiger partial charge in [-0.2, -0.15) is 0 Å². The van der Waals surface area contributed by atoms with E-state index in [1.54, 1.807) is 74.5 Å². The standard InChI is InChI=1S/C34H32N2O9S/c1-6-44-33(40)29-19(2)35-34-36(30(29)22-11-13-24(41-3)27(17-22)43-5)31(37)28(46-34)16-20-10-12-25(26(15-20)42-4)45-18-21-8-7-9-23(14-21)32(38)39/h7-17,30H,6,18H2,1-5H3,(H,38,39)/b28-16-/t30-/m0/s1. The number of carboxylic acid groups (broad SMARTS) is 1. The molecule has 1 aliphatic rings. The Morgan fingerprint density at radius 2 is 1.67 bits per heavy atom. The van der Waals surface area contributed by atoms with E-state index in [0.717, 1.165) is 0 Å². The van der Waals surface area contributed by atoms with Crippen molar-refractivity contribution in [2.45, 2.75) is 26.5 Å². The predicted octanol–water partition coefficient (Wildman–Crippen LogP) is 4.10. The average Bonchev–Trinajstić information content (AvgIpc) is 3.36. The zero-order valence-electron chi connectivity index (χ0n) is 25.9. The van der Waals surface area contributed by atoms with Crippen LogP contribution in [0.5, 0.6) is 23.0 Å². The van der Waals surface area contributed by atoms with E-state index < -0.39 is 18.0 Å². The predicted molar refractivity (Wildman–Crippen MR) is 171 cm³/mol. The fraction of sp³-hybridized carbons (Fsp3) is 0.235. The summed E-state index contributed by atoms with van der Waals surface area (Å²) >= 11 is 1.20. The Balaban J connectivity index is 1.54. The first-order valence-corrected chi connectivity index (χ1v) is 15.0. The van der Waals surface area contributed by atoms with Crippen LogP contribution in [0.1, 0.15) is 46.9 Å². The van der Waals surface area contributed by atoms with Crippen LogP contribution in [0, 0.1) is 0 Å². The zero-order chi connectivity index (χ0) is 33.0. The molecule has 0 saturated carbocycles. The summed E-state index contributed by atoms with van der Waals surface area (Å²) in [5, 5.41) is 9.26. The molecule has 1 N–H and O–H groups in total. The first-order chi connectivity index (χ1) is 22.2. The van der Waals surface area contributed by atoms with Gasteiger partial charge in [0.1, 0.15) is 6.61 Å². The molecule has 1 aliphatic heterocycles. The second-order valence-electron chi connectivity index (χ2n) is 10.1. The summed E-state index contributed by atoms with van der Waals surface area (Å²) < 4.78 is 29.7. The van der Waals surface area contributed by atoms with Gasteiger partial charge in [-0.25, -0.2) is 14.6 Å². The van der Waals surface area contributed by atoms with E-state index in [0.29, 0.717) is 54.7 Å². The van der Waals surface area contributed by atoms with Crippen molar-refractivity contribution >= 4 is 29.4 Å². The van der Waals surface area contributed by atoms with E-state index in [9.17, 15) is 19.5 Å². The number of allylic oxidation sites excluding steroid dienone is 1. The number of esters is 1. The molecule has 0 fully saturated rings. The highest BCUT2D eigenvalue weighted by Crippen LogP contribution is 2.36. The Bertz CT molecular complexity index is 2030. The Morgan fingerprint density at radius 1 is 0.957 bits per heavy atom. The number of rotatable bonds is 11. The number of carbonyl (C=O) groups excluding carboxylic acids is 1. The number of ether oxygens (including phenoxy) is 5. The molecule has 12 heteroatoms. The molecular formula is C34H32N2O9S. The van der Waals surface area contributed by atoms with Crippen LogP contribution in [0.4, 0.5) is 0 Å². The lowest BCUT2D eigenvalue weighted by molar-refractivity contribution is -0.139. The highest BCUT2D eigenvalue weighted by atomic mass is 32.1. The van der Waals surface area contributed by atoms with Gasteiger partial charge < -0.3 is 28.8 Å². The third kappa shape index (κ3) is 6.38. The zero-order valence-corrected chi connectivity index (χ0v) is 26.7. The maximum Gasteiger partial charge on any atom is 0.338 e. The fourth-order valence-corrected chi connectivity index (χ4v) is 6.18. The first kappa shape index (κ1) is 32.0. The normalized spacial score (nSPS) is 14.3. The van der Waals surface area contributed by atoms with E-state index in [1.807, 2.05) is 0 Å². The molecule has 0 radical (unpaired) electrons. The minimum absolute atomic E-state index is 0.133. The van der Waals surface area contributed by atoms with Gasteiger partial charge in [-0.3, -0.25) is 9.36 Å². The van der Waals surface area contributed by atoms with Crippen LogP contribution in [0.15, 0.2) is 81.7 Å². The number of hydrogen-bond donors (Lipinski definition) is 1. The van der Waals surface area contributed by atoms with Gasteiger partial charge in [0.05, 0.1) is 55.3 Å². The number of thiazole rings is 1. The second-order valence-corrected chi connectivity index (χ2v) is 11.1. The number of hydrogen-bond acceptors (Lipinski definition) is 10. The number of nitrogens with zero attached hydrogens (tertiary/aromatic N) is 2. The number of methoxy groups -OCH3 is 3. The SMILES string of the molecule is CCOC(=O)C1=C(C)N=c2s/c(=C\c3ccc(OCc4cccc(C(=O)O)c4)c(OC)c3)c(=O)n2[C@H]1c1ccc(OC)c(OC)c1. The van der Waals surface area contributed by atoms with Crippen molar-refractivity contribution in [3.63, 3.8) is 0 Å². The summed E-state index contributed by atoms with van der Waals surface area (Å²) in [5.41, 5.74) is 2.52. The second kappa shape index (κ2) is 13.7. The van der Waals surface area contributed by atoms with Crippen molar-refractivity contribution in [1.82, 2.24) is 4.57 Å². The number of benzene rings is 3. The summed E-state index contributed by atoms with van der Waals surface area (Å²) in [7, 11) is 4.55. The van der Waals surface area contributed by atoms with E-state index in [4.69, 9.17) is 23.7 Å². The van der Waals surface area contributed by atoms with Gasteiger partial charge in [-0.15, -0.1) is 0 Å². The van der Waals surface area contributed by atoms with Gasteiger partial charge >= 0.3 is 11.9 Å². The van der Waals surface area contributed by atoms with Gasteiger partial charge in [-0.05, 0) is 73.0 Å². The van der Waals surface area contributed by atoms with Crippen LogP contribution in [0.2, 0.25) is 0 Å². The minimum atomic E-state index is -1.02. The van der Waals surface area contributed by atoms with E-state index in [2.05, 4.69) is 4.99 Å². The van der Waals surface area contributed by atoms with Crippen LogP contribution in [0.3, 0.4) is 0 Å². The van der Waals surface area contributed by atoms with Crippen LogP contribution in [-0.4, -0.2) is 49.5 Å². The van der Waals surface area contributed by atoms with E-state index in [1.165, 1.54) is 43.3 Å². The fourth-order valence-electron chi connectivity index (χ4n) is 5.13. The Kier molecular flexibility index (Phi) is 9.57. The van der Waals surface area contributed by atoms with Gasteiger partial charge in [0, 0.05) is 0 Å². The molecule has 2 heterocycles. The molecule has 5 rings (SSSR count). The third-order valence-corrected chi connectivity index (χ3v) is 8.28. The van der Waals surface area contributed by atoms with Crippen LogP contribution < -0.4 is 33.8 Å². The van der Waals surface area contributed by atoms with Crippen molar-refractivity contribution in [2.24, 2.45) is 4.99 Å².